The molecule has 8 heteroatoms. The van der Waals surface area contributed by atoms with Gasteiger partial charge in [0.25, 0.3) is 5.56 Å². The Balaban J connectivity index is 0.00000225. The Bertz CT molecular complexity index is 1240. The minimum atomic E-state index is -0.316. The van der Waals surface area contributed by atoms with Crippen molar-refractivity contribution in [2.75, 3.05) is 13.6 Å². The van der Waals surface area contributed by atoms with Gasteiger partial charge in [-0.15, -0.1) is 23.7 Å². The number of thiophene rings is 1. The summed E-state index contributed by atoms with van der Waals surface area (Å²) in [5, 5.41) is 16.9. The van der Waals surface area contributed by atoms with Crippen LogP contribution >= 0.6 is 39.7 Å². The Morgan fingerprint density at radius 3 is 2.79 bits per heavy atom. The molecule has 4 rings (SSSR count). The van der Waals surface area contributed by atoms with Crippen LogP contribution in [0.2, 0.25) is 0 Å². The van der Waals surface area contributed by atoms with E-state index in [1.165, 1.54) is 23.5 Å². The zero-order chi connectivity index (χ0) is 19.1. The first-order valence-electron chi connectivity index (χ1n) is 8.39. The van der Waals surface area contributed by atoms with Gasteiger partial charge in [-0.05, 0) is 70.6 Å². The van der Waals surface area contributed by atoms with Gasteiger partial charge in [0.15, 0.2) is 0 Å². The molecule has 0 atom stereocenters. The molecule has 4 aromatic rings. The molecule has 0 saturated heterocycles. The Hall–Kier alpha value is -1.93. The maximum atomic E-state index is 14.6. The molecule has 0 radical (unpaired) electrons. The number of aromatic nitrogens is 1. The van der Waals surface area contributed by atoms with Gasteiger partial charge >= 0.3 is 0 Å². The summed E-state index contributed by atoms with van der Waals surface area (Å²) < 4.78 is 15.8. The van der Waals surface area contributed by atoms with E-state index in [4.69, 9.17) is 0 Å². The number of benzene rings is 2. The summed E-state index contributed by atoms with van der Waals surface area (Å²) in [7, 11) is 1.82. The van der Waals surface area contributed by atoms with E-state index in [1.54, 1.807) is 12.1 Å². The van der Waals surface area contributed by atoms with E-state index < -0.39 is 0 Å². The molecule has 0 amide bonds. The number of fused-ring (bicyclic) bond motifs is 3. The van der Waals surface area contributed by atoms with Crippen LogP contribution in [0.5, 0.6) is 5.75 Å². The van der Waals surface area contributed by atoms with Gasteiger partial charge in [0.2, 0.25) is 0 Å². The zero-order valence-corrected chi connectivity index (χ0v) is 18.0. The Morgan fingerprint density at radius 1 is 1.29 bits per heavy atom. The van der Waals surface area contributed by atoms with Gasteiger partial charge < -0.3 is 15.4 Å². The number of nitrogens with one attached hydrogen (secondary N) is 2. The van der Waals surface area contributed by atoms with Gasteiger partial charge in [0, 0.05) is 20.8 Å². The molecule has 2 aromatic heterocycles. The summed E-state index contributed by atoms with van der Waals surface area (Å²) >= 11 is 4.75. The third kappa shape index (κ3) is 3.43. The lowest BCUT2D eigenvalue weighted by Gasteiger charge is -2.13. The van der Waals surface area contributed by atoms with E-state index in [9.17, 15) is 14.3 Å². The van der Waals surface area contributed by atoms with Crippen LogP contribution in [0.4, 0.5) is 4.39 Å². The third-order valence-corrected chi connectivity index (χ3v) is 6.16. The topological polar surface area (TPSA) is 65.1 Å². The second-order valence-electron chi connectivity index (χ2n) is 6.28. The average molecular weight is 484 g/mol. The van der Waals surface area contributed by atoms with Crippen molar-refractivity contribution in [1.29, 1.82) is 0 Å². The van der Waals surface area contributed by atoms with Crippen molar-refractivity contribution < 1.29 is 9.50 Å². The minimum absolute atomic E-state index is 0. The first kappa shape index (κ1) is 20.8. The monoisotopic (exact) mass is 482 g/mol. The summed E-state index contributed by atoms with van der Waals surface area (Å²) in [5.41, 5.74) is 2.09. The third-order valence-electron chi connectivity index (χ3n) is 4.62. The summed E-state index contributed by atoms with van der Waals surface area (Å²) in [6.45, 7) is 0.680. The predicted molar refractivity (Wildman–Crippen MR) is 120 cm³/mol. The van der Waals surface area contributed by atoms with Crippen LogP contribution in [0.3, 0.4) is 0 Å². The molecule has 28 heavy (non-hydrogen) atoms. The normalized spacial score (nSPS) is 11.1. The predicted octanol–water partition coefficient (Wildman–Crippen LogP) is 5.20. The number of H-pyrrole nitrogens is 1. The number of hydrogen-bond acceptors (Lipinski definition) is 4. The summed E-state index contributed by atoms with van der Waals surface area (Å²) in [6.07, 6.45) is 0.581. The largest absolute Gasteiger partial charge is 0.507 e. The van der Waals surface area contributed by atoms with Crippen molar-refractivity contribution in [3.05, 3.63) is 61.9 Å². The van der Waals surface area contributed by atoms with Crippen LogP contribution in [0, 0.1) is 5.82 Å². The lowest BCUT2D eigenvalue weighted by atomic mass is 9.96. The number of pyridine rings is 1. The lowest BCUT2D eigenvalue weighted by molar-refractivity contribution is 0.477. The van der Waals surface area contributed by atoms with E-state index in [0.717, 1.165) is 5.39 Å². The number of aromatic hydroxyl groups is 1. The standard InChI is InChI=1S/C20H16BrFN2O2S.ClH/c1-23-6-4-10-2-3-11(8-14(10)22)16-15(25)9-13(21)18-17(16)12-5-7-27-19(12)20(26)24-18;/h2-3,5,7-9,23,25H,4,6H2,1H3,(H,24,26);1H. The molecule has 4 nitrogen and oxygen atoms in total. The van der Waals surface area contributed by atoms with E-state index in [1.807, 2.05) is 18.5 Å². The van der Waals surface area contributed by atoms with Gasteiger partial charge in [-0.3, -0.25) is 4.79 Å². The van der Waals surface area contributed by atoms with E-state index in [0.29, 0.717) is 49.7 Å². The van der Waals surface area contributed by atoms with Crippen LogP contribution in [0.25, 0.3) is 32.1 Å². The zero-order valence-electron chi connectivity index (χ0n) is 14.8. The molecule has 0 saturated carbocycles. The molecule has 0 aliphatic heterocycles. The quantitative estimate of drug-likeness (QED) is 0.374. The van der Waals surface area contributed by atoms with Crippen LogP contribution < -0.4 is 10.9 Å². The molecule has 0 fully saturated rings. The lowest BCUT2D eigenvalue weighted by Crippen LogP contribution is -2.11. The minimum Gasteiger partial charge on any atom is -0.507 e. The number of aromatic amines is 1. The SMILES string of the molecule is CNCCc1ccc(-c2c(O)cc(Br)c3[nH]c(=O)c4sccc4c23)cc1F.Cl. The van der Waals surface area contributed by atoms with Crippen molar-refractivity contribution in [3.63, 3.8) is 0 Å². The van der Waals surface area contributed by atoms with Crippen LogP contribution in [-0.4, -0.2) is 23.7 Å². The van der Waals surface area contributed by atoms with Crippen molar-refractivity contribution in [1.82, 2.24) is 10.3 Å². The highest BCUT2D eigenvalue weighted by Crippen LogP contribution is 2.43. The molecule has 0 unspecified atom stereocenters. The van der Waals surface area contributed by atoms with Crippen molar-refractivity contribution >= 4 is 60.7 Å². The fraction of sp³-hybridized carbons (Fsp3) is 0.150. The second-order valence-corrected chi connectivity index (χ2v) is 8.05. The maximum absolute atomic E-state index is 14.6. The molecular formula is C20H17BrClFN2O2S. The average Bonchev–Trinajstić information content (AvgIpc) is 3.12. The Labute approximate surface area is 178 Å². The van der Waals surface area contributed by atoms with Gasteiger partial charge in [-0.1, -0.05) is 12.1 Å². The fourth-order valence-corrected chi connectivity index (χ4v) is 4.65. The van der Waals surface area contributed by atoms with Gasteiger partial charge in [-0.25, -0.2) is 4.39 Å². The number of likely N-dealkylation sites (N-methyl/N-ethyl adjacent to an activating group) is 1. The number of hydrogen-bond donors (Lipinski definition) is 3. The molecular weight excluding hydrogens is 467 g/mol. The number of phenols is 1. The molecule has 2 heterocycles. The van der Waals surface area contributed by atoms with E-state index >= 15 is 0 Å². The van der Waals surface area contributed by atoms with Crippen molar-refractivity contribution in [2.24, 2.45) is 0 Å². The van der Waals surface area contributed by atoms with Gasteiger partial charge in [0.1, 0.15) is 16.3 Å². The first-order valence-corrected chi connectivity index (χ1v) is 10.1. The van der Waals surface area contributed by atoms with Crippen LogP contribution in [0.1, 0.15) is 5.56 Å². The summed E-state index contributed by atoms with van der Waals surface area (Å²) in [6, 6.07) is 8.37. The molecule has 0 bridgehead atoms. The molecule has 0 aliphatic carbocycles. The number of rotatable bonds is 4. The number of phenolic OH excluding ortho intramolecular Hbond substituents is 1. The molecule has 3 N–H and O–H groups in total. The van der Waals surface area contributed by atoms with Gasteiger partial charge in [0.05, 0.1) is 5.52 Å². The highest BCUT2D eigenvalue weighted by atomic mass is 79.9. The smallest absolute Gasteiger partial charge is 0.266 e. The molecule has 2 aromatic carbocycles. The Morgan fingerprint density at radius 2 is 2.07 bits per heavy atom. The van der Waals surface area contributed by atoms with E-state index in [2.05, 4.69) is 26.2 Å². The number of halogens is 3. The highest BCUT2D eigenvalue weighted by Gasteiger charge is 2.18. The van der Waals surface area contributed by atoms with E-state index in [-0.39, 0.29) is 29.5 Å². The molecule has 0 aliphatic rings. The summed E-state index contributed by atoms with van der Waals surface area (Å²) in [4.78, 5) is 15.2. The fourth-order valence-electron chi connectivity index (χ4n) is 3.34. The highest BCUT2D eigenvalue weighted by molar-refractivity contribution is 9.10. The van der Waals surface area contributed by atoms with Crippen LogP contribution in [-0.2, 0) is 6.42 Å². The molecule has 0 spiro atoms. The summed E-state index contributed by atoms with van der Waals surface area (Å²) in [5.74, 6) is -0.291. The van der Waals surface area contributed by atoms with Crippen molar-refractivity contribution in [2.45, 2.75) is 6.42 Å². The van der Waals surface area contributed by atoms with Gasteiger partial charge in [-0.2, -0.15) is 0 Å². The molecule has 146 valence electrons. The first-order chi connectivity index (χ1) is 13.0. The van der Waals surface area contributed by atoms with Crippen LogP contribution in [0.15, 0.2) is 45.0 Å². The van der Waals surface area contributed by atoms with Crippen molar-refractivity contribution in [3.8, 4) is 16.9 Å². The second kappa shape index (κ2) is 8.21. The Kier molecular flexibility index (Phi) is 6.09. The maximum Gasteiger partial charge on any atom is 0.266 e.